The maximum absolute atomic E-state index is 13.6. The van der Waals surface area contributed by atoms with E-state index in [-0.39, 0.29) is 11.8 Å². The van der Waals surface area contributed by atoms with E-state index < -0.39 is 6.04 Å². The molecular formula is C28H27N3O2S. The Labute approximate surface area is 203 Å². The number of amides is 2. The molecule has 0 fully saturated rings. The van der Waals surface area contributed by atoms with Gasteiger partial charge in [-0.1, -0.05) is 48.5 Å². The molecule has 172 valence electrons. The molecule has 2 amide bonds. The number of carbonyl (C=O) groups is 2. The highest BCUT2D eigenvalue weighted by atomic mass is 32.1. The molecule has 0 aliphatic carbocycles. The van der Waals surface area contributed by atoms with Crippen LogP contribution in [0.5, 0.6) is 0 Å². The van der Waals surface area contributed by atoms with Crippen LogP contribution in [0.3, 0.4) is 0 Å². The number of nitrogens with zero attached hydrogens (tertiary/aromatic N) is 1. The van der Waals surface area contributed by atoms with Gasteiger partial charge in [0.25, 0.3) is 5.91 Å². The number of nitrogens with one attached hydrogen (secondary N) is 1. The number of hydrogen-bond acceptors (Lipinski definition) is 4. The molecule has 1 aliphatic rings. The van der Waals surface area contributed by atoms with Crippen molar-refractivity contribution < 1.29 is 9.59 Å². The summed E-state index contributed by atoms with van der Waals surface area (Å²) in [4.78, 5) is 30.1. The van der Waals surface area contributed by atoms with Gasteiger partial charge in [0.2, 0.25) is 5.91 Å². The molecule has 0 radical (unpaired) electrons. The van der Waals surface area contributed by atoms with E-state index in [1.807, 2.05) is 66.7 Å². The quantitative estimate of drug-likeness (QED) is 0.421. The van der Waals surface area contributed by atoms with Crippen LogP contribution in [0.4, 0.5) is 5.69 Å². The van der Waals surface area contributed by atoms with Crippen LogP contribution in [0.2, 0.25) is 0 Å². The summed E-state index contributed by atoms with van der Waals surface area (Å²) in [6.07, 6.45) is 1.16. The highest BCUT2D eigenvalue weighted by Gasteiger charge is 2.34. The lowest BCUT2D eigenvalue weighted by atomic mass is 9.94. The second kappa shape index (κ2) is 9.41. The van der Waals surface area contributed by atoms with E-state index in [0.717, 1.165) is 27.1 Å². The Hall–Kier alpha value is -3.48. The minimum absolute atomic E-state index is 0.106. The molecular weight excluding hydrogens is 442 g/mol. The topological polar surface area (TPSA) is 75.4 Å². The fourth-order valence-electron chi connectivity index (χ4n) is 4.63. The largest absolute Gasteiger partial charge is 0.326 e. The van der Waals surface area contributed by atoms with E-state index in [1.54, 1.807) is 16.2 Å². The Morgan fingerprint density at radius 1 is 1.06 bits per heavy atom. The SMILES string of the molecule is Cc1cc2ccc(NC(=O)[C@H](Cc3ccccc3)N3CCc4cc(CN)ccc4C3=O)cc2s1. The molecule has 34 heavy (non-hydrogen) atoms. The van der Waals surface area contributed by atoms with Gasteiger partial charge in [0.05, 0.1) is 0 Å². The third-order valence-corrected chi connectivity index (χ3v) is 7.39. The zero-order chi connectivity index (χ0) is 23.7. The second-order valence-electron chi connectivity index (χ2n) is 8.75. The van der Waals surface area contributed by atoms with E-state index >= 15 is 0 Å². The Morgan fingerprint density at radius 3 is 2.68 bits per heavy atom. The summed E-state index contributed by atoms with van der Waals surface area (Å²) in [7, 11) is 0. The minimum atomic E-state index is -0.613. The average Bonchev–Trinajstić information content (AvgIpc) is 3.22. The van der Waals surface area contributed by atoms with Gasteiger partial charge in [-0.25, -0.2) is 0 Å². The zero-order valence-corrected chi connectivity index (χ0v) is 19.9. The molecule has 5 nitrogen and oxygen atoms in total. The number of benzene rings is 3. The number of nitrogens with two attached hydrogens (primary N) is 1. The number of aryl methyl sites for hydroxylation is 1. The Balaban J connectivity index is 1.44. The maximum atomic E-state index is 13.6. The van der Waals surface area contributed by atoms with Crippen molar-refractivity contribution in [3.05, 3.63) is 99.9 Å². The van der Waals surface area contributed by atoms with E-state index in [2.05, 4.69) is 18.3 Å². The van der Waals surface area contributed by atoms with Crippen LogP contribution in [0.1, 0.15) is 31.9 Å². The lowest BCUT2D eigenvalue weighted by Crippen LogP contribution is -2.51. The van der Waals surface area contributed by atoms with Gasteiger partial charge in [0, 0.05) is 40.3 Å². The first-order valence-corrected chi connectivity index (χ1v) is 12.3. The van der Waals surface area contributed by atoms with Crippen LogP contribution in [0, 0.1) is 6.92 Å². The Kier molecular flexibility index (Phi) is 6.18. The summed E-state index contributed by atoms with van der Waals surface area (Å²) in [6, 6.07) is 23.1. The van der Waals surface area contributed by atoms with E-state index in [0.29, 0.717) is 31.5 Å². The third kappa shape index (κ3) is 4.47. The number of rotatable bonds is 6. The Bertz CT molecular complexity index is 1360. The number of hydrogen-bond donors (Lipinski definition) is 2. The monoisotopic (exact) mass is 469 g/mol. The van der Waals surface area contributed by atoms with E-state index in [9.17, 15) is 9.59 Å². The number of thiophene rings is 1. The van der Waals surface area contributed by atoms with Crippen molar-refractivity contribution in [3.63, 3.8) is 0 Å². The van der Waals surface area contributed by atoms with Crippen molar-refractivity contribution >= 4 is 38.9 Å². The summed E-state index contributed by atoms with van der Waals surface area (Å²) in [5.41, 5.74) is 10.2. The first-order valence-electron chi connectivity index (χ1n) is 11.5. The fraction of sp³-hybridized carbons (Fsp3) is 0.214. The molecule has 0 saturated carbocycles. The predicted molar refractivity (Wildman–Crippen MR) is 138 cm³/mol. The number of fused-ring (bicyclic) bond motifs is 2. The normalized spacial score (nSPS) is 14.2. The third-order valence-electron chi connectivity index (χ3n) is 6.38. The van der Waals surface area contributed by atoms with Crippen molar-refractivity contribution in [2.45, 2.75) is 32.4 Å². The fourth-order valence-corrected chi connectivity index (χ4v) is 5.60. The van der Waals surface area contributed by atoms with Gasteiger partial charge in [-0.15, -0.1) is 11.3 Å². The van der Waals surface area contributed by atoms with Crippen molar-refractivity contribution in [2.24, 2.45) is 5.73 Å². The van der Waals surface area contributed by atoms with Crippen LogP contribution in [-0.2, 0) is 24.2 Å². The summed E-state index contributed by atoms with van der Waals surface area (Å²) >= 11 is 1.70. The smallest absolute Gasteiger partial charge is 0.254 e. The van der Waals surface area contributed by atoms with Crippen LogP contribution >= 0.6 is 11.3 Å². The van der Waals surface area contributed by atoms with E-state index in [4.69, 9.17) is 5.73 Å². The van der Waals surface area contributed by atoms with Gasteiger partial charge >= 0.3 is 0 Å². The highest BCUT2D eigenvalue weighted by Crippen LogP contribution is 2.29. The van der Waals surface area contributed by atoms with Gasteiger partial charge in [0.1, 0.15) is 6.04 Å². The first kappa shape index (κ1) is 22.3. The summed E-state index contributed by atoms with van der Waals surface area (Å²) in [5.74, 6) is -0.280. The first-order chi connectivity index (χ1) is 16.5. The standard InChI is InChI=1S/C28H27N3O2S/c1-18-13-22-8-9-23(16-26(22)34-18)30-27(32)25(15-19-5-3-2-4-6-19)31-12-11-21-14-20(17-29)7-10-24(21)28(31)33/h2-10,13-14,16,25H,11-12,15,17,29H2,1H3,(H,30,32)/t25-/m0/s1. The van der Waals surface area contributed by atoms with Crippen molar-refractivity contribution in [3.8, 4) is 0 Å². The lowest BCUT2D eigenvalue weighted by molar-refractivity contribution is -0.120. The van der Waals surface area contributed by atoms with Crippen molar-refractivity contribution in [1.82, 2.24) is 4.90 Å². The molecule has 1 aromatic heterocycles. The predicted octanol–water partition coefficient (Wildman–Crippen LogP) is 4.92. The van der Waals surface area contributed by atoms with Gasteiger partial charge in [-0.2, -0.15) is 0 Å². The lowest BCUT2D eigenvalue weighted by Gasteiger charge is -2.35. The molecule has 3 aromatic carbocycles. The molecule has 0 unspecified atom stereocenters. The zero-order valence-electron chi connectivity index (χ0n) is 19.1. The van der Waals surface area contributed by atoms with Crippen LogP contribution < -0.4 is 11.1 Å². The summed E-state index contributed by atoms with van der Waals surface area (Å²) in [5, 5.41) is 4.25. The van der Waals surface area contributed by atoms with E-state index in [1.165, 1.54) is 10.3 Å². The van der Waals surface area contributed by atoms with Crippen molar-refractivity contribution in [2.75, 3.05) is 11.9 Å². The molecule has 2 heterocycles. The average molecular weight is 470 g/mol. The second-order valence-corrected chi connectivity index (χ2v) is 10.0. The van der Waals surface area contributed by atoms with Gasteiger partial charge < -0.3 is 16.0 Å². The van der Waals surface area contributed by atoms with Crippen molar-refractivity contribution in [1.29, 1.82) is 0 Å². The highest BCUT2D eigenvalue weighted by molar-refractivity contribution is 7.19. The molecule has 1 aliphatic heterocycles. The Morgan fingerprint density at radius 2 is 1.88 bits per heavy atom. The van der Waals surface area contributed by atoms with Gasteiger partial charge in [-0.05, 0) is 59.7 Å². The molecule has 0 bridgehead atoms. The molecule has 3 N–H and O–H groups in total. The van der Waals surface area contributed by atoms with Crippen LogP contribution in [0.15, 0.2) is 72.8 Å². The minimum Gasteiger partial charge on any atom is -0.326 e. The molecule has 6 heteroatoms. The molecule has 5 rings (SSSR count). The summed E-state index contributed by atoms with van der Waals surface area (Å²) < 4.78 is 1.13. The molecule has 1 atom stereocenters. The van der Waals surface area contributed by atoms with Gasteiger partial charge in [-0.3, -0.25) is 9.59 Å². The molecule has 0 saturated heterocycles. The van der Waals surface area contributed by atoms with Crippen LogP contribution in [-0.4, -0.2) is 29.3 Å². The number of carbonyl (C=O) groups excluding carboxylic acids is 2. The van der Waals surface area contributed by atoms with Gasteiger partial charge in [0.15, 0.2) is 0 Å². The number of anilines is 1. The summed E-state index contributed by atoms with van der Waals surface area (Å²) in [6.45, 7) is 3.02. The molecule has 4 aromatic rings. The molecule has 0 spiro atoms. The maximum Gasteiger partial charge on any atom is 0.254 e. The van der Waals surface area contributed by atoms with Crippen LogP contribution in [0.25, 0.3) is 10.1 Å².